The van der Waals surface area contributed by atoms with E-state index in [0.29, 0.717) is 11.9 Å². The minimum absolute atomic E-state index is 0.0142. The third-order valence-electron chi connectivity index (χ3n) is 4.03. The molecule has 0 unspecified atom stereocenters. The number of rotatable bonds is 2. The monoisotopic (exact) mass is 293 g/mol. The lowest BCUT2D eigenvalue weighted by atomic mass is 10.0. The lowest BCUT2D eigenvalue weighted by Gasteiger charge is -2.13. The summed E-state index contributed by atoms with van der Waals surface area (Å²) < 4.78 is 7.01. The summed E-state index contributed by atoms with van der Waals surface area (Å²) >= 11 is 0. The quantitative estimate of drug-likeness (QED) is 0.788. The molecule has 0 bridgehead atoms. The molecule has 1 aromatic carbocycles. The second-order valence-corrected chi connectivity index (χ2v) is 5.24. The van der Waals surface area contributed by atoms with Gasteiger partial charge in [-0.15, -0.1) is 0 Å². The molecular formula is C17H15N3O2. The molecule has 0 radical (unpaired) electrons. The van der Waals surface area contributed by atoms with Gasteiger partial charge in [-0.2, -0.15) is 0 Å². The molecule has 1 aliphatic rings. The van der Waals surface area contributed by atoms with Crippen molar-refractivity contribution in [2.75, 3.05) is 19.0 Å². The smallest absolute Gasteiger partial charge is 0.261 e. The van der Waals surface area contributed by atoms with Crippen molar-refractivity contribution >= 4 is 16.7 Å². The zero-order chi connectivity index (χ0) is 15.1. The normalized spacial score (nSPS) is 13.0. The van der Waals surface area contributed by atoms with Gasteiger partial charge in [0, 0.05) is 24.8 Å². The van der Waals surface area contributed by atoms with Crippen molar-refractivity contribution in [2.24, 2.45) is 0 Å². The van der Waals surface area contributed by atoms with E-state index in [4.69, 9.17) is 4.74 Å². The molecule has 110 valence electrons. The van der Waals surface area contributed by atoms with Crippen LogP contribution in [0.1, 0.15) is 0 Å². The average Bonchev–Trinajstić information content (AvgIpc) is 3.05. The Morgan fingerprint density at radius 2 is 2.05 bits per heavy atom. The highest BCUT2D eigenvalue weighted by Gasteiger charge is 2.21. The Bertz CT molecular complexity index is 914. The average molecular weight is 293 g/mol. The van der Waals surface area contributed by atoms with Crippen LogP contribution < -0.4 is 15.6 Å². The molecule has 4 rings (SSSR count). The van der Waals surface area contributed by atoms with E-state index < -0.39 is 0 Å². The van der Waals surface area contributed by atoms with Crippen molar-refractivity contribution in [1.29, 1.82) is 0 Å². The first-order valence-electron chi connectivity index (χ1n) is 7.19. The zero-order valence-electron chi connectivity index (χ0n) is 12.2. The van der Waals surface area contributed by atoms with E-state index >= 15 is 0 Å². The maximum atomic E-state index is 12.6. The number of fused-ring (bicyclic) bond motifs is 2. The van der Waals surface area contributed by atoms with Crippen LogP contribution >= 0.6 is 0 Å². The molecule has 3 aromatic rings. The highest BCUT2D eigenvalue weighted by atomic mass is 16.5. The SMILES string of the molecule is COc1ccc(-c2c3n(c(=O)c4cccnc24)CCN3)cc1. The Labute approximate surface area is 127 Å². The molecule has 2 aromatic heterocycles. The molecule has 5 heteroatoms. The summed E-state index contributed by atoms with van der Waals surface area (Å²) in [4.78, 5) is 17.0. The fraction of sp³-hybridized carbons (Fsp3) is 0.176. The minimum Gasteiger partial charge on any atom is -0.497 e. The predicted molar refractivity (Wildman–Crippen MR) is 86.5 cm³/mol. The number of ether oxygens (including phenoxy) is 1. The Balaban J connectivity index is 2.08. The summed E-state index contributed by atoms with van der Waals surface area (Å²) in [6.07, 6.45) is 1.72. The van der Waals surface area contributed by atoms with Crippen molar-refractivity contribution in [2.45, 2.75) is 6.54 Å². The molecule has 0 atom stereocenters. The Hall–Kier alpha value is -2.82. The third-order valence-corrected chi connectivity index (χ3v) is 4.03. The van der Waals surface area contributed by atoms with Crippen LogP contribution in [0.5, 0.6) is 5.75 Å². The molecule has 0 fully saturated rings. The maximum absolute atomic E-state index is 12.6. The largest absolute Gasteiger partial charge is 0.497 e. The van der Waals surface area contributed by atoms with Crippen LogP contribution in [0.4, 0.5) is 5.82 Å². The Morgan fingerprint density at radius 3 is 2.82 bits per heavy atom. The van der Waals surface area contributed by atoms with E-state index in [9.17, 15) is 4.79 Å². The number of pyridine rings is 2. The van der Waals surface area contributed by atoms with Gasteiger partial charge in [-0.05, 0) is 29.8 Å². The number of benzene rings is 1. The number of hydrogen-bond donors (Lipinski definition) is 1. The van der Waals surface area contributed by atoms with Gasteiger partial charge < -0.3 is 10.1 Å². The summed E-state index contributed by atoms with van der Waals surface area (Å²) in [6, 6.07) is 11.5. The Kier molecular flexibility index (Phi) is 2.85. The zero-order valence-corrected chi connectivity index (χ0v) is 12.2. The van der Waals surface area contributed by atoms with Crippen molar-refractivity contribution in [1.82, 2.24) is 9.55 Å². The van der Waals surface area contributed by atoms with Gasteiger partial charge in [-0.3, -0.25) is 14.3 Å². The van der Waals surface area contributed by atoms with E-state index in [2.05, 4.69) is 10.3 Å². The van der Waals surface area contributed by atoms with Gasteiger partial charge in [0.25, 0.3) is 5.56 Å². The molecule has 0 saturated heterocycles. The molecule has 3 heterocycles. The van der Waals surface area contributed by atoms with E-state index in [1.54, 1.807) is 23.9 Å². The van der Waals surface area contributed by atoms with Crippen molar-refractivity contribution < 1.29 is 4.74 Å². The van der Waals surface area contributed by atoms with Crippen LogP contribution in [-0.2, 0) is 6.54 Å². The van der Waals surface area contributed by atoms with Gasteiger partial charge in [-0.1, -0.05) is 12.1 Å². The maximum Gasteiger partial charge on any atom is 0.261 e. The molecular weight excluding hydrogens is 278 g/mol. The van der Waals surface area contributed by atoms with E-state index in [-0.39, 0.29) is 5.56 Å². The van der Waals surface area contributed by atoms with Gasteiger partial charge in [0.05, 0.1) is 18.0 Å². The third kappa shape index (κ3) is 1.79. The van der Waals surface area contributed by atoms with Crippen molar-refractivity contribution in [3.05, 3.63) is 52.9 Å². The lowest BCUT2D eigenvalue weighted by molar-refractivity contribution is 0.415. The summed E-state index contributed by atoms with van der Waals surface area (Å²) in [5.41, 5.74) is 2.73. The molecule has 1 N–H and O–H groups in total. The van der Waals surface area contributed by atoms with Crippen molar-refractivity contribution in [3.8, 4) is 16.9 Å². The lowest BCUT2D eigenvalue weighted by Crippen LogP contribution is -2.19. The first-order chi connectivity index (χ1) is 10.8. The van der Waals surface area contributed by atoms with Crippen LogP contribution in [0, 0.1) is 0 Å². The second kappa shape index (κ2) is 4.87. The van der Waals surface area contributed by atoms with Gasteiger partial charge in [0.2, 0.25) is 0 Å². The first-order valence-corrected chi connectivity index (χ1v) is 7.19. The number of nitrogens with one attached hydrogen (secondary N) is 1. The van der Waals surface area contributed by atoms with E-state index in [1.807, 2.05) is 30.3 Å². The summed E-state index contributed by atoms with van der Waals surface area (Å²) in [7, 11) is 1.65. The molecule has 5 nitrogen and oxygen atoms in total. The Morgan fingerprint density at radius 1 is 1.23 bits per heavy atom. The summed E-state index contributed by atoms with van der Waals surface area (Å²) in [6.45, 7) is 1.44. The number of aromatic nitrogens is 2. The molecule has 0 amide bonds. The predicted octanol–water partition coefficient (Wildman–Crippen LogP) is 2.50. The number of nitrogens with zero attached hydrogens (tertiary/aromatic N) is 2. The first kappa shape index (κ1) is 12.9. The second-order valence-electron chi connectivity index (χ2n) is 5.24. The standard InChI is InChI=1S/C17H15N3O2/c1-22-12-6-4-11(5-7-12)14-15-13(3-2-8-18-15)17(21)20-10-9-19-16(14)20/h2-8,19H,9-10H2,1H3. The molecule has 0 spiro atoms. The van der Waals surface area contributed by atoms with Gasteiger partial charge in [-0.25, -0.2) is 0 Å². The van der Waals surface area contributed by atoms with Crippen LogP contribution in [0.2, 0.25) is 0 Å². The van der Waals surface area contributed by atoms with E-state index in [1.165, 1.54) is 0 Å². The van der Waals surface area contributed by atoms with E-state index in [0.717, 1.165) is 34.8 Å². The molecule has 0 aliphatic carbocycles. The topological polar surface area (TPSA) is 56.2 Å². The number of anilines is 1. The van der Waals surface area contributed by atoms with Gasteiger partial charge >= 0.3 is 0 Å². The molecule has 1 aliphatic heterocycles. The minimum atomic E-state index is 0.0142. The highest BCUT2D eigenvalue weighted by Crippen LogP contribution is 2.35. The molecule has 0 saturated carbocycles. The van der Waals surface area contributed by atoms with Crippen LogP contribution in [0.15, 0.2) is 47.4 Å². The van der Waals surface area contributed by atoms with Crippen LogP contribution in [0.3, 0.4) is 0 Å². The molecule has 22 heavy (non-hydrogen) atoms. The summed E-state index contributed by atoms with van der Waals surface area (Å²) in [5, 5.41) is 3.97. The number of methoxy groups -OCH3 is 1. The fourth-order valence-electron chi connectivity index (χ4n) is 2.99. The summed E-state index contributed by atoms with van der Waals surface area (Å²) in [5.74, 6) is 1.65. The van der Waals surface area contributed by atoms with Crippen molar-refractivity contribution in [3.63, 3.8) is 0 Å². The number of hydrogen-bond acceptors (Lipinski definition) is 4. The van der Waals surface area contributed by atoms with Crippen LogP contribution in [-0.4, -0.2) is 23.2 Å². The van der Waals surface area contributed by atoms with Gasteiger partial charge in [0.15, 0.2) is 0 Å². The van der Waals surface area contributed by atoms with Crippen LogP contribution in [0.25, 0.3) is 22.0 Å². The fourth-order valence-corrected chi connectivity index (χ4v) is 2.99. The highest BCUT2D eigenvalue weighted by molar-refractivity contribution is 5.99. The van der Waals surface area contributed by atoms with Gasteiger partial charge in [0.1, 0.15) is 11.6 Å².